The molecule has 0 saturated heterocycles. The van der Waals surface area contributed by atoms with Crippen molar-refractivity contribution in [3.8, 4) is 11.5 Å². The van der Waals surface area contributed by atoms with Gasteiger partial charge < -0.3 is 35.2 Å². The van der Waals surface area contributed by atoms with Crippen LogP contribution < -0.4 is 10.6 Å². The molecule has 2 atom stereocenters. The smallest absolute Gasteiger partial charge is 0.408 e. The van der Waals surface area contributed by atoms with Crippen molar-refractivity contribution in [3.05, 3.63) is 59.7 Å². The Morgan fingerprint density at radius 2 is 1.54 bits per heavy atom. The summed E-state index contributed by atoms with van der Waals surface area (Å²) in [5.41, 5.74) is 0.0341. The molecule has 11 heteroatoms. The summed E-state index contributed by atoms with van der Waals surface area (Å²) >= 11 is 0. The number of carbonyl (C=O) groups is 4. The van der Waals surface area contributed by atoms with Crippen LogP contribution in [-0.2, 0) is 30.3 Å². The number of phenolic OH excluding ortho intramolecular Hbond substituents is 2. The molecule has 0 aliphatic heterocycles. The van der Waals surface area contributed by atoms with Crippen LogP contribution in [0.1, 0.15) is 96.7 Å². The number of ether oxygens (including phenoxy) is 2. The number of rotatable bonds is 18. The fourth-order valence-corrected chi connectivity index (χ4v) is 4.93. The van der Waals surface area contributed by atoms with Gasteiger partial charge in [0.25, 0.3) is 0 Å². The van der Waals surface area contributed by atoms with E-state index in [4.69, 9.17) is 9.47 Å². The van der Waals surface area contributed by atoms with E-state index in [1.54, 1.807) is 58.0 Å². The van der Waals surface area contributed by atoms with Gasteiger partial charge >= 0.3 is 12.1 Å². The van der Waals surface area contributed by atoms with Gasteiger partial charge in [0.15, 0.2) is 0 Å². The van der Waals surface area contributed by atoms with Crippen molar-refractivity contribution in [2.24, 2.45) is 0 Å². The summed E-state index contributed by atoms with van der Waals surface area (Å²) in [5.74, 6) is -1.75. The molecule has 11 nitrogen and oxygen atoms in total. The highest BCUT2D eigenvalue weighted by atomic mass is 16.6. The zero-order valence-electron chi connectivity index (χ0n) is 27.8. The van der Waals surface area contributed by atoms with Crippen LogP contribution >= 0.6 is 0 Å². The Kier molecular flexibility index (Phi) is 15.9. The minimum absolute atomic E-state index is 0.0338. The zero-order chi connectivity index (χ0) is 34.1. The molecule has 0 aromatic heterocycles. The standard InChI is InChI=1S/C35H51N3O8/c1-6-8-9-10-11-14-23-38(31(27-15-12-13-16-29(27)40)32(42)36-22-21-30(41)45-7-2)33(43)28(37-34(44)46-35(3,4)5)24-25-17-19-26(39)20-18-25/h12-13,15-20,28,31,39-40H,6-11,14,21-24H2,1-5H3,(H,36,42)(H,37,44). The van der Waals surface area contributed by atoms with Crippen LogP contribution in [0, 0.1) is 0 Å². The monoisotopic (exact) mass is 641 g/mol. The van der Waals surface area contributed by atoms with Gasteiger partial charge in [0.1, 0.15) is 29.2 Å². The first kappa shape index (κ1) is 37.9. The third kappa shape index (κ3) is 13.4. The number of hydrogen-bond acceptors (Lipinski definition) is 8. The summed E-state index contributed by atoms with van der Waals surface area (Å²) in [7, 11) is 0. The van der Waals surface area contributed by atoms with Gasteiger partial charge in [0.2, 0.25) is 11.8 Å². The lowest BCUT2D eigenvalue weighted by atomic mass is 9.99. The Bertz CT molecular complexity index is 1260. The van der Waals surface area contributed by atoms with Gasteiger partial charge in [-0.1, -0.05) is 69.4 Å². The van der Waals surface area contributed by atoms with Gasteiger partial charge in [0, 0.05) is 25.1 Å². The summed E-state index contributed by atoms with van der Waals surface area (Å²) in [6.45, 7) is 9.29. The van der Waals surface area contributed by atoms with Crippen molar-refractivity contribution in [3.63, 3.8) is 0 Å². The fraction of sp³-hybridized carbons (Fsp3) is 0.543. The SMILES string of the molecule is CCCCCCCCN(C(=O)C(Cc1ccc(O)cc1)NC(=O)OC(C)(C)C)C(C(=O)NCCC(=O)OCC)c1ccccc1O. The van der Waals surface area contributed by atoms with Crippen molar-refractivity contribution in [2.75, 3.05) is 19.7 Å². The van der Waals surface area contributed by atoms with Gasteiger partial charge in [0.05, 0.1) is 13.0 Å². The zero-order valence-corrected chi connectivity index (χ0v) is 27.8. The van der Waals surface area contributed by atoms with Crippen molar-refractivity contribution in [1.82, 2.24) is 15.5 Å². The quantitative estimate of drug-likeness (QED) is 0.122. The lowest BCUT2D eigenvalue weighted by Crippen LogP contribution is -2.54. The maximum atomic E-state index is 14.6. The number of hydrogen-bond donors (Lipinski definition) is 4. The van der Waals surface area contributed by atoms with Gasteiger partial charge in [-0.3, -0.25) is 14.4 Å². The molecule has 0 aliphatic rings. The second kappa shape index (κ2) is 19.3. The number of phenols is 2. The summed E-state index contributed by atoms with van der Waals surface area (Å²) in [5, 5.41) is 26.1. The molecule has 2 rings (SSSR count). The van der Waals surface area contributed by atoms with E-state index in [2.05, 4.69) is 17.6 Å². The average Bonchev–Trinajstić information content (AvgIpc) is 2.98. The Morgan fingerprint density at radius 3 is 2.17 bits per heavy atom. The number of alkyl carbamates (subject to hydrolysis) is 1. The number of carbonyl (C=O) groups excluding carboxylic acids is 4. The molecule has 3 amide bonds. The van der Waals surface area contributed by atoms with Crippen LogP contribution in [0.25, 0.3) is 0 Å². The number of aromatic hydroxyl groups is 2. The van der Waals surface area contributed by atoms with Crippen molar-refractivity contribution < 1.29 is 38.9 Å². The molecule has 0 radical (unpaired) electrons. The van der Waals surface area contributed by atoms with E-state index >= 15 is 0 Å². The molecule has 2 unspecified atom stereocenters. The number of nitrogens with one attached hydrogen (secondary N) is 2. The second-order valence-corrected chi connectivity index (χ2v) is 12.2. The highest BCUT2D eigenvalue weighted by molar-refractivity contribution is 5.92. The molecule has 0 spiro atoms. The average molecular weight is 642 g/mol. The maximum absolute atomic E-state index is 14.6. The Balaban J connectivity index is 2.52. The van der Waals surface area contributed by atoms with Crippen LogP contribution in [0.2, 0.25) is 0 Å². The Hall–Kier alpha value is -4.28. The van der Waals surface area contributed by atoms with E-state index in [0.29, 0.717) is 12.0 Å². The van der Waals surface area contributed by atoms with E-state index in [1.165, 1.54) is 23.1 Å². The first-order chi connectivity index (χ1) is 21.9. The lowest BCUT2D eigenvalue weighted by molar-refractivity contribution is -0.144. The van der Waals surface area contributed by atoms with E-state index in [9.17, 15) is 29.4 Å². The van der Waals surface area contributed by atoms with E-state index in [0.717, 1.165) is 32.1 Å². The van der Waals surface area contributed by atoms with Gasteiger partial charge in [-0.15, -0.1) is 0 Å². The molecule has 0 bridgehead atoms. The molecule has 2 aromatic carbocycles. The summed E-state index contributed by atoms with van der Waals surface area (Å²) in [4.78, 5) is 54.7. The highest BCUT2D eigenvalue weighted by Gasteiger charge is 2.37. The van der Waals surface area contributed by atoms with E-state index in [1.807, 2.05) is 0 Å². The van der Waals surface area contributed by atoms with Crippen LogP contribution in [-0.4, -0.2) is 70.3 Å². The lowest BCUT2D eigenvalue weighted by Gasteiger charge is -2.35. The summed E-state index contributed by atoms with van der Waals surface area (Å²) < 4.78 is 10.4. The second-order valence-electron chi connectivity index (χ2n) is 12.2. The van der Waals surface area contributed by atoms with Crippen LogP contribution in [0.4, 0.5) is 4.79 Å². The van der Waals surface area contributed by atoms with Crippen molar-refractivity contribution in [1.29, 1.82) is 0 Å². The molecule has 0 fully saturated rings. The first-order valence-corrected chi connectivity index (χ1v) is 16.1. The van der Waals surface area contributed by atoms with Gasteiger partial charge in [-0.25, -0.2) is 4.79 Å². The van der Waals surface area contributed by atoms with Gasteiger partial charge in [-0.05, 0) is 57.9 Å². The number of nitrogens with zero attached hydrogens (tertiary/aromatic N) is 1. The molecule has 254 valence electrons. The number of esters is 1. The van der Waals surface area contributed by atoms with Crippen molar-refractivity contribution in [2.45, 2.75) is 104 Å². The number of benzene rings is 2. The van der Waals surface area contributed by atoms with Crippen LogP contribution in [0.5, 0.6) is 11.5 Å². The summed E-state index contributed by atoms with van der Waals surface area (Å²) in [6.07, 6.45) is 4.74. The van der Waals surface area contributed by atoms with Gasteiger partial charge in [-0.2, -0.15) is 0 Å². The van der Waals surface area contributed by atoms with Crippen LogP contribution in [0.3, 0.4) is 0 Å². The molecule has 4 N–H and O–H groups in total. The number of amides is 3. The normalized spacial score (nSPS) is 12.5. The molecule has 46 heavy (non-hydrogen) atoms. The molecule has 0 saturated carbocycles. The van der Waals surface area contributed by atoms with Crippen molar-refractivity contribution >= 4 is 23.9 Å². The molecular formula is C35H51N3O8. The Morgan fingerprint density at radius 1 is 0.891 bits per heavy atom. The number of para-hydroxylation sites is 1. The topological polar surface area (TPSA) is 154 Å². The highest BCUT2D eigenvalue weighted by Crippen LogP contribution is 2.30. The molecule has 0 heterocycles. The maximum Gasteiger partial charge on any atom is 0.408 e. The fourth-order valence-electron chi connectivity index (χ4n) is 4.93. The number of unbranched alkanes of at least 4 members (excludes halogenated alkanes) is 5. The third-order valence-corrected chi connectivity index (χ3v) is 7.13. The molecule has 0 aliphatic carbocycles. The predicted molar refractivity (Wildman–Crippen MR) is 175 cm³/mol. The van der Waals surface area contributed by atoms with Crippen LogP contribution in [0.15, 0.2) is 48.5 Å². The van der Waals surface area contributed by atoms with E-state index < -0.39 is 41.6 Å². The largest absolute Gasteiger partial charge is 0.508 e. The molecular weight excluding hydrogens is 590 g/mol. The Labute approximate surface area is 272 Å². The third-order valence-electron chi connectivity index (χ3n) is 7.13. The molecule has 2 aromatic rings. The predicted octanol–water partition coefficient (Wildman–Crippen LogP) is 5.53. The minimum atomic E-state index is -1.27. The summed E-state index contributed by atoms with van der Waals surface area (Å²) in [6, 6.07) is 10.1. The minimum Gasteiger partial charge on any atom is -0.508 e. The first-order valence-electron chi connectivity index (χ1n) is 16.1. The van der Waals surface area contributed by atoms with E-state index in [-0.39, 0.29) is 49.6 Å².